The van der Waals surface area contributed by atoms with E-state index >= 15 is 0 Å². The van der Waals surface area contributed by atoms with Crippen molar-refractivity contribution in [1.29, 1.82) is 0 Å². The van der Waals surface area contributed by atoms with Crippen molar-refractivity contribution in [3.8, 4) is 0 Å². The van der Waals surface area contributed by atoms with Crippen LogP contribution >= 0.6 is 24.0 Å². The highest BCUT2D eigenvalue weighted by Crippen LogP contribution is 2.21. The Kier molecular flexibility index (Phi) is 11.7. The molecule has 1 heterocycles. The van der Waals surface area contributed by atoms with Crippen LogP contribution < -0.4 is 10.6 Å². The van der Waals surface area contributed by atoms with Crippen LogP contribution in [0.5, 0.6) is 0 Å². The summed E-state index contributed by atoms with van der Waals surface area (Å²) < 4.78 is 11.0. The van der Waals surface area contributed by atoms with Gasteiger partial charge in [-0.05, 0) is 44.9 Å². The summed E-state index contributed by atoms with van der Waals surface area (Å²) in [5, 5.41) is 6.75. The van der Waals surface area contributed by atoms with Gasteiger partial charge in [0.15, 0.2) is 5.96 Å². The lowest BCUT2D eigenvalue weighted by Crippen LogP contribution is -2.47. The number of likely N-dealkylation sites (tertiary alicyclic amines) is 1. The van der Waals surface area contributed by atoms with Crippen molar-refractivity contribution in [1.82, 2.24) is 15.5 Å². The van der Waals surface area contributed by atoms with E-state index in [0.29, 0.717) is 12.5 Å². The minimum absolute atomic E-state index is 0. The average molecular weight is 512 g/mol. The van der Waals surface area contributed by atoms with E-state index in [4.69, 9.17) is 9.47 Å². The first-order valence-electron chi connectivity index (χ1n) is 9.91. The zero-order valence-electron chi connectivity index (χ0n) is 18.9. The summed E-state index contributed by atoms with van der Waals surface area (Å²) >= 11 is 0. The van der Waals surface area contributed by atoms with E-state index < -0.39 is 5.60 Å². The van der Waals surface area contributed by atoms with Crippen molar-refractivity contribution in [3.05, 3.63) is 0 Å². The van der Waals surface area contributed by atoms with Crippen molar-refractivity contribution in [2.24, 2.45) is 16.3 Å². The molecular formula is C20H41IN4O3. The molecule has 7 nitrogen and oxygen atoms in total. The molecule has 0 aliphatic carbocycles. The number of methoxy groups -OCH3 is 1. The van der Waals surface area contributed by atoms with Crippen molar-refractivity contribution in [3.63, 3.8) is 0 Å². The summed E-state index contributed by atoms with van der Waals surface area (Å²) in [6.45, 7) is 15.2. The molecule has 0 aromatic carbocycles. The van der Waals surface area contributed by atoms with E-state index in [-0.39, 0.29) is 41.6 Å². The van der Waals surface area contributed by atoms with Crippen LogP contribution in [0.15, 0.2) is 4.99 Å². The van der Waals surface area contributed by atoms with Gasteiger partial charge in [0.1, 0.15) is 5.60 Å². The molecule has 8 heteroatoms. The highest BCUT2D eigenvalue weighted by molar-refractivity contribution is 14.0. The van der Waals surface area contributed by atoms with Gasteiger partial charge < -0.3 is 25.0 Å². The fourth-order valence-electron chi connectivity index (χ4n) is 3.04. The lowest BCUT2D eigenvalue weighted by Gasteiger charge is -2.34. The first-order chi connectivity index (χ1) is 12.5. The van der Waals surface area contributed by atoms with Gasteiger partial charge in [-0.1, -0.05) is 20.8 Å². The molecule has 1 aliphatic rings. The average Bonchev–Trinajstić information content (AvgIpc) is 2.55. The van der Waals surface area contributed by atoms with Crippen LogP contribution in [0.25, 0.3) is 0 Å². The van der Waals surface area contributed by atoms with E-state index in [1.807, 2.05) is 20.8 Å². The number of aliphatic imine (C=N–C) groups is 1. The second-order valence-corrected chi connectivity index (χ2v) is 9.34. The van der Waals surface area contributed by atoms with Crippen LogP contribution in [0, 0.1) is 11.3 Å². The normalized spacial score (nSPS) is 17.6. The zero-order chi connectivity index (χ0) is 20.7. The standard InChI is InChI=1S/C20H40N4O3.HI/c1-19(2,3)16(26-8)14-23-17(21-7)22-13-15-9-11-24(12-10-15)18(25)27-20(4,5)6;/h15-16H,9-14H2,1-8H3,(H2,21,22,23);1H. The Labute approximate surface area is 188 Å². The lowest BCUT2D eigenvalue weighted by atomic mass is 9.89. The van der Waals surface area contributed by atoms with Gasteiger partial charge in [-0.3, -0.25) is 4.99 Å². The van der Waals surface area contributed by atoms with Crippen molar-refractivity contribution in [2.75, 3.05) is 40.3 Å². The zero-order valence-corrected chi connectivity index (χ0v) is 21.3. The number of nitrogens with zero attached hydrogens (tertiary/aromatic N) is 2. The van der Waals surface area contributed by atoms with Crippen LogP contribution in [0.4, 0.5) is 4.79 Å². The summed E-state index contributed by atoms with van der Waals surface area (Å²) in [4.78, 5) is 18.2. The summed E-state index contributed by atoms with van der Waals surface area (Å²) in [5.74, 6) is 1.30. The minimum Gasteiger partial charge on any atom is -0.444 e. The number of hydrogen-bond donors (Lipinski definition) is 2. The van der Waals surface area contributed by atoms with Crippen LogP contribution in [0.2, 0.25) is 0 Å². The van der Waals surface area contributed by atoms with E-state index in [2.05, 4.69) is 36.4 Å². The first kappa shape index (κ1) is 27.2. The number of carbonyl (C=O) groups is 1. The molecule has 1 unspecified atom stereocenters. The fourth-order valence-corrected chi connectivity index (χ4v) is 3.04. The predicted octanol–water partition coefficient (Wildman–Crippen LogP) is 3.48. The number of rotatable bonds is 5. The Bertz CT molecular complexity index is 493. The van der Waals surface area contributed by atoms with Gasteiger partial charge in [-0.15, -0.1) is 24.0 Å². The van der Waals surface area contributed by atoms with Gasteiger partial charge in [0.2, 0.25) is 0 Å². The first-order valence-corrected chi connectivity index (χ1v) is 9.91. The molecule has 1 atom stereocenters. The topological polar surface area (TPSA) is 75.2 Å². The molecule has 2 N–H and O–H groups in total. The van der Waals surface area contributed by atoms with Gasteiger partial charge >= 0.3 is 6.09 Å². The molecule has 0 aromatic heterocycles. The van der Waals surface area contributed by atoms with E-state index in [1.54, 1.807) is 19.1 Å². The summed E-state index contributed by atoms with van der Waals surface area (Å²) in [5.41, 5.74) is -0.379. The highest BCUT2D eigenvalue weighted by atomic mass is 127. The molecular weight excluding hydrogens is 471 g/mol. The molecule has 166 valence electrons. The van der Waals surface area contributed by atoms with Gasteiger partial charge in [-0.2, -0.15) is 0 Å². The van der Waals surface area contributed by atoms with Gasteiger partial charge in [0.25, 0.3) is 0 Å². The monoisotopic (exact) mass is 512 g/mol. The summed E-state index contributed by atoms with van der Waals surface area (Å²) in [6, 6.07) is 0. The van der Waals surface area contributed by atoms with Crippen molar-refractivity contribution < 1.29 is 14.3 Å². The van der Waals surface area contributed by atoms with Gasteiger partial charge in [-0.25, -0.2) is 4.79 Å². The fraction of sp³-hybridized carbons (Fsp3) is 0.900. The van der Waals surface area contributed by atoms with E-state index in [0.717, 1.165) is 38.4 Å². The SMILES string of the molecule is CN=C(NCC1CCN(C(=O)OC(C)(C)C)CC1)NCC(OC)C(C)(C)C.I. The molecule has 0 bridgehead atoms. The van der Waals surface area contributed by atoms with Crippen molar-refractivity contribution >= 4 is 36.0 Å². The maximum absolute atomic E-state index is 12.1. The van der Waals surface area contributed by atoms with Crippen LogP contribution in [-0.2, 0) is 9.47 Å². The number of hydrogen-bond acceptors (Lipinski definition) is 4. The summed E-state index contributed by atoms with van der Waals surface area (Å²) in [6.07, 6.45) is 1.82. The predicted molar refractivity (Wildman–Crippen MR) is 126 cm³/mol. The number of carbonyl (C=O) groups excluding carboxylic acids is 1. The molecule has 1 rings (SSSR count). The second kappa shape index (κ2) is 12.0. The maximum Gasteiger partial charge on any atom is 0.410 e. The third-order valence-corrected chi connectivity index (χ3v) is 4.75. The molecule has 0 radical (unpaired) electrons. The number of piperidine rings is 1. The molecule has 0 spiro atoms. The number of ether oxygens (including phenoxy) is 2. The number of amides is 1. The number of nitrogens with one attached hydrogen (secondary N) is 2. The third kappa shape index (κ3) is 10.1. The Morgan fingerprint density at radius 3 is 2.14 bits per heavy atom. The minimum atomic E-state index is -0.444. The Hall–Kier alpha value is -0.770. The molecule has 0 saturated carbocycles. The molecule has 28 heavy (non-hydrogen) atoms. The summed E-state index contributed by atoms with van der Waals surface area (Å²) in [7, 11) is 3.52. The largest absolute Gasteiger partial charge is 0.444 e. The van der Waals surface area contributed by atoms with Gasteiger partial charge in [0, 0.05) is 40.3 Å². The molecule has 1 amide bonds. The molecule has 1 fully saturated rings. The van der Waals surface area contributed by atoms with Crippen LogP contribution in [0.1, 0.15) is 54.4 Å². The van der Waals surface area contributed by atoms with E-state index in [1.165, 1.54) is 0 Å². The number of guanidine groups is 1. The van der Waals surface area contributed by atoms with Gasteiger partial charge in [0.05, 0.1) is 6.10 Å². The maximum atomic E-state index is 12.1. The van der Waals surface area contributed by atoms with Crippen LogP contribution in [0.3, 0.4) is 0 Å². The Morgan fingerprint density at radius 2 is 1.71 bits per heavy atom. The molecule has 1 aliphatic heterocycles. The molecule has 0 aromatic rings. The lowest BCUT2D eigenvalue weighted by molar-refractivity contribution is 0.0184. The smallest absolute Gasteiger partial charge is 0.410 e. The Balaban J connectivity index is 0.00000729. The second-order valence-electron chi connectivity index (χ2n) is 9.34. The number of halogens is 1. The quantitative estimate of drug-likeness (QED) is 0.335. The molecule has 1 saturated heterocycles. The highest BCUT2D eigenvalue weighted by Gasteiger charge is 2.27. The van der Waals surface area contributed by atoms with Crippen LogP contribution in [-0.4, -0.2) is 69.0 Å². The third-order valence-electron chi connectivity index (χ3n) is 4.75. The van der Waals surface area contributed by atoms with E-state index in [9.17, 15) is 4.79 Å². The Morgan fingerprint density at radius 1 is 1.14 bits per heavy atom. The van der Waals surface area contributed by atoms with Crippen molar-refractivity contribution in [2.45, 2.75) is 66.1 Å².